The Hall–Kier alpha value is -1.23. The number of nitrogens with zero attached hydrogens (tertiary/aromatic N) is 1. The van der Waals surface area contributed by atoms with E-state index in [-0.39, 0.29) is 16.6 Å². The van der Waals surface area contributed by atoms with Gasteiger partial charge in [-0.15, -0.1) is 0 Å². The van der Waals surface area contributed by atoms with Crippen molar-refractivity contribution in [1.29, 1.82) is 0 Å². The molecule has 1 aromatic carbocycles. The predicted molar refractivity (Wildman–Crippen MR) is 72.8 cm³/mol. The Balaban J connectivity index is 2.41. The Morgan fingerprint density at radius 1 is 1.33 bits per heavy atom. The number of hydrogen-bond donors (Lipinski definition) is 1. The van der Waals surface area contributed by atoms with E-state index in [9.17, 15) is 8.78 Å². The molecule has 2 rings (SSSR count). The summed E-state index contributed by atoms with van der Waals surface area (Å²) < 4.78 is 27.9. The molecule has 0 bridgehead atoms. The third-order valence-corrected chi connectivity index (χ3v) is 3.64. The molecule has 2 N–H and O–H groups in total. The molecule has 2 unspecified atom stereocenters. The van der Waals surface area contributed by atoms with Crippen molar-refractivity contribution in [1.82, 2.24) is 0 Å². The zero-order valence-electron chi connectivity index (χ0n) is 10.4. The summed E-state index contributed by atoms with van der Waals surface area (Å²) in [7, 11) is 0. The number of anilines is 1. The molecule has 1 aromatic rings. The highest BCUT2D eigenvalue weighted by Crippen LogP contribution is 2.32. The van der Waals surface area contributed by atoms with Crippen molar-refractivity contribution in [3.8, 4) is 0 Å². The molecule has 0 aromatic heterocycles. The third-order valence-electron chi connectivity index (χ3n) is 3.42. The molecule has 0 aliphatic carbocycles. The number of benzene rings is 1. The van der Waals surface area contributed by atoms with E-state index in [2.05, 4.69) is 19.1 Å². The van der Waals surface area contributed by atoms with E-state index in [1.54, 1.807) is 6.07 Å². The molecule has 1 aliphatic heterocycles. The highest BCUT2D eigenvalue weighted by Gasteiger charge is 2.29. The first-order valence-electron chi connectivity index (χ1n) is 5.96. The summed E-state index contributed by atoms with van der Waals surface area (Å²) in [5.41, 5.74) is 5.61. The van der Waals surface area contributed by atoms with Gasteiger partial charge >= 0.3 is 0 Å². The fourth-order valence-corrected chi connectivity index (χ4v) is 2.74. The van der Waals surface area contributed by atoms with Crippen LogP contribution < -0.4 is 10.6 Å². The first-order chi connectivity index (χ1) is 8.41. The Morgan fingerprint density at radius 2 is 2.00 bits per heavy atom. The normalized spacial score (nSPS) is 23.4. The molecule has 18 heavy (non-hydrogen) atoms. The number of thiocarbonyl (C=S) groups is 1. The molecule has 1 heterocycles. The molecule has 98 valence electrons. The van der Waals surface area contributed by atoms with Crippen molar-refractivity contribution >= 4 is 22.9 Å². The van der Waals surface area contributed by atoms with Gasteiger partial charge in [0.15, 0.2) is 11.6 Å². The van der Waals surface area contributed by atoms with Crippen LogP contribution in [0.1, 0.15) is 25.8 Å². The molecule has 2 atom stereocenters. The van der Waals surface area contributed by atoms with E-state index in [1.807, 2.05) is 11.8 Å². The van der Waals surface area contributed by atoms with Crippen LogP contribution in [0.5, 0.6) is 0 Å². The van der Waals surface area contributed by atoms with Gasteiger partial charge in [-0.25, -0.2) is 8.78 Å². The van der Waals surface area contributed by atoms with Crippen LogP contribution in [0.3, 0.4) is 0 Å². The highest BCUT2D eigenvalue weighted by molar-refractivity contribution is 7.80. The quantitative estimate of drug-likeness (QED) is 0.838. The van der Waals surface area contributed by atoms with Crippen LogP contribution in [-0.4, -0.2) is 17.6 Å². The maximum Gasteiger partial charge on any atom is 0.182 e. The maximum atomic E-state index is 14.0. The molecule has 0 saturated carbocycles. The van der Waals surface area contributed by atoms with Gasteiger partial charge in [0, 0.05) is 18.2 Å². The number of rotatable bonds is 2. The largest absolute Gasteiger partial charge is 0.389 e. The summed E-state index contributed by atoms with van der Waals surface area (Å²) in [6.07, 6.45) is 0.984. The summed E-state index contributed by atoms with van der Waals surface area (Å²) in [5, 5.41) is 0. The lowest BCUT2D eigenvalue weighted by atomic mass is 10.1. The van der Waals surface area contributed by atoms with Gasteiger partial charge in [0.25, 0.3) is 0 Å². The van der Waals surface area contributed by atoms with Gasteiger partial charge < -0.3 is 10.6 Å². The van der Waals surface area contributed by atoms with Gasteiger partial charge in [0.2, 0.25) is 0 Å². The van der Waals surface area contributed by atoms with Crippen molar-refractivity contribution in [2.45, 2.75) is 26.3 Å². The number of hydrogen-bond acceptors (Lipinski definition) is 2. The molecule has 2 nitrogen and oxygen atoms in total. The summed E-state index contributed by atoms with van der Waals surface area (Å²) in [5.74, 6) is -1.33. The zero-order valence-corrected chi connectivity index (χ0v) is 11.2. The fourth-order valence-electron chi connectivity index (χ4n) is 2.59. The topological polar surface area (TPSA) is 29.3 Å². The first kappa shape index (κ1) is 13.2. The molecule has 0 radical (unpaired) electrons. The Bertz CT molecular complexity index is 490. The Labute approximate surface area is 111 Å². The lowest BCUT2D eigenvalue weighted by Crippen LogP contribution is -2.28. The Morgan fingerprint density at radius 3 is 2.50 bits per heavy atom. The average molecular weight is 270 g/mol. The molecule has 5 heteroatoms. The van der Waals surface area contributed by atoms with Gasteiger partial charge in [0.1, 0.15) is 4.99 Å². The van der Waals surface area contributed by atoms with Crippen LogP contribution in [0.2, 0.25) is 0 Å². The summed E-state index contributed by atoms with van der Waals surface area (Å²) in [6.45, 7) is 4.86. The molecule has 0 amide bonds. The molecule has 1 fully saturated rings. The minimum atomic E-state index is -0.952. The van der Waals surface area contributed by atoms with Crippen LogP contribution in [-0.2, 0) is 0 Å². The van der Waals surface area contributed by atoms with Gasteiger partial charge in [-0.2, -0.15) is 0 Å². The number of nitrogens with two attached hydrogens (primary N) is 1. The van der Waals surface area contributed by atoms with Crippen LogP contribution in [0.25, 0.3) is 0 Å². The lowest BCUT2D eigenvalue weighted by Gasteiger charge is -2.24. The van der Waals surface area contributed by atoms with Gasteiger partial charge in [0.05, 0.1) is 5.69 Å². The van der Waals surface area contributed by atoms with Crippen molar-refractivity contribution in [3.05, 3.63) is 29.3 Å². The van der Waals surface area contributed by atoms with E-state index in [1.165, 1.54) is 6.07 Å². The molecule has 1 saturated heterocycles. The predicted octanol–water partition coefficient (Wildman–Crippen LogP) is 2.83. The van der Waals surface area contributed by atoms with E-state index >= 15 is 0 Å². The van der Waals surface area contributed by atoms with Gasteiger partial charge in [-0.05, 0) is 31.4 Å². The SMILES string of the molecule is CC1CC(C)N(c2ccc(C(N)=S)c(F)c2F)C1. The summed E-state index contributed by atoms with van der Waals surface area (Å²) in [4.78, 5) is 1.77. The van der Waals surface area contributed by atoms with E-state index in [4.69, 9.17) is 5.73 Å². The van der Waals surface area contributed by atoms with E-state index < -0.39 is 11.6 Å². The van der Waals surface area contributed by atoms with Crippen molar-refractivity contribution in [3.63, 3.8) is 0 Å². The van der Waals surface area contributed by atoms with Gasteiger partial charge in [-0.3, -0.25) is 0 Å². The maximum absolute atomic E-state index is 14.0. The van der Waals surface area contributed by atoms with Crippen molar-refractivity contribution in [2.75, 3.05) is 11.4 Å². The second-order valence-electron chi connectivity index (χ2n) is 4.97. The highest BCUT2D eigenvalue weighted by atomic mass is 32.1. The average Bonchev–Trinajstić information content (AvgIpc) is 2.61. The van der Waals surface area contributed by atoms with Crippen molar-refractivity contribution in [2.24, 2.45) is 11.7 Å². The summed E-state index contributed by atoms with van der Waals surface area (Å²) in [6, 6.07) is 3.22. The standard InChI is InChI=1S/C13H16F2N2S/c1-7-5-8(2)17(6-7)10-4-3-9(13(16)18)11(14)12(10)15/h3-4,7-8H,5-6H2,1-2H3,(H2,16,18). The van der Waals surface area contributed by atoms with Gasteiger partial charge in [-0.1, -0.05) is 19.1 Å². The molecule has 0 spiro atoms. The minimum absolute atomic E-state index is 0.0360. The van der Waals surface area contributed by atoms with Crippen LogP contribution in [0.4, 0.5) is 14.5 Å². The van der Waals surface area contributed by atoms with Crippen LogP contribution >= 0.6 is 12.2 Å². The fraction of sp³-hybridized carbons (Fsp3) is 0.462. The smallest absolute Gasteiger partial charge is 0.182 e. The first-order valence-corrected chi connectivity index (χ1v) is 6.37. The zero-order chi connectivity index (χ0) is 13.4. The molecular formula is C13H16F2N2S. The lowest BCUT2D eigenvalue weighted by molar-refractivity contribution is 0.504. The van der Waals surface area contributed by atoms with E-state index in [0.717, 1.165) is 13.0 Å². The minimum Gasteiger partial charge on any atom is -0.389 e. The summed E-state index contributed by atoms with van der Waals surface area (Å²) >= 11 is 4.69. The van der Waals surface area contributed by atoms with Crippen LogP contribution in [0, 0.1) is 17.6 Å². The molecule has 1 aliphatic rings. The van der Waals surface area contributed by atoms with E-state index in [0.29, 0.717) is 11.6 Å². The van der Waals surface area contributed by atoms with Crippen LogP contribution in [0.15, 0.2) is 12.1 Å². The Kier molecular flexibility index (Phi) is 3.52. The number of halogens is 2. The monoisotopic (exact) mass is 270 g/mol. The second-order valence-corrected chi connectivity index (χ2v) is 5.41. The molecular weight excluding hydrogens is 254 g/mol. The third kappa shape index (κ3) is 2.19. The second kappa shape index (κ2) is 4.80. The van der Waals surface area contributed by atoms with Crippen molar-refractivity contribution < 1.29 is 8.78 Å².